The fourth-order valence-corrected chi connectivity index (χ4v) is 2.12. The van der Waals surface area contributed by atoms with Crippen molar-refractivity contribution >= 4 is 0 Å². The SMILES string of the molecule is C[C@@H](N[C@@H]1C=C[C@H](CO)C1)c1cncc(F)c1. The van der Waals surface area contributed by atoms with Crippen LogP contribution in [0.15, 0.2) is 30.6 Å². The van der Waals surface area contributed by atoms with Gasteiger partial charge in [0.25, 0.3) is 0 Å². The maximum atomic E-state index is 13.0. The van der Waals surface area contributed by atoms with Crippen molar-refractivity contribution in [3.63, 3.8) is 0 Å². The Labute approximate surface area is 100 Å². The van der Waals surface area contributed by atoms with Gasteiger partial charge in [-0.25, -0.2) is 4.39 Å². The van der Waals surface area contributed by atoms with E-state index in [-0.39, 0.29) is 30.4 Å². The lowest BCUT2D eigenvalue weighted by Gasteiger charge is -2.19. The van der Waals surface area contributed by atoms with E-state index < -0.39 is 0 Å². The molecule has 1 aromatic heterocycles. The van der Waals surface area contributed by atoms with Gasteiger partial charge in [0.2, 0.25) is 0 Å². The van der Waals surface area contributed by atoms with Gasteiger partial charge in [-0.1, -0.05) is 12.2 Å². The average molecular weight is 236 g/mol. The minimum Gasteiger partial charge on any atom is -0.396 e. The van der Waals surface area contributed by atoms with Crippen molar-refractivity contribution in [2.75, 3.05) is 6.61 Å². The summed E-state index contributed by atoms with van der Waals surface area (Å²) in [5.41, 5.74) is 0.839. The van der Waals surface area contributed by atoms with Crippen molar-refractivity contribution in [2.24, 2.45) is 5.92 Å². The number of aliphatic hydroxyl groups excluding tert-OH is 1. The number of aromatic nitrogens is 1. The molecule has 1 aliphatic carbocycles. The lowest BCUT2D eigenvalue weighted by atomic mass is 10.1. The van der Waals surface area contributed by atoms with Gasteiger partial charge in [0.05, 0.1) is 6.20 Å². The quantitative estimate of drug-likeness (QED) is 0.784. The Kier molecular flexibility index (Phi) is 3.86. The van der Waals surface area contributed by atoms with E-state index in [1.807, 2.05) is 13.0 Å². The van der Waals surface area contributed by atoms with Gasteiger partial charge in [-0.2, -0.15) is 0 Å². The van der Waals surface area contributed by atoms with Crippen LogP contribution in [0.2, 0.25) is 0 Å². The fraction of sp³-hybridized carbons (Fsp3) is 0.462. The normalized spacial score (nSPS) is 25.1. The van der Waals surface area contributed by atoms with Gasteiger partial charge >= 0.3 is 0 Å². The van der Waals surface area contributed by atoms with E-state index in [2.05, 4.69) is 16.4 Å². The number of hydrogen-bond acceptors (Lipinski definition) is 3. The lowest BCUT2D eigenvalue weighted by molar-refractivity contribution is 0.245. The number of nitrogens with zero attached hydrogens (tertiary/aromatic N) is 1. The zero-order valence-corrected chi connectivity index (χ0v) is 9.81. The van der Waals surface area contributed by atoms with E-state index in [4.69, 9.17) is 5.11 Å². The van der Waals surface area contributed by atoms with Gasteiger partial charge in [-0.3, -0.25) is 4.98 Å². The zero-order valence-electron chi connectivity index (χ0n) is 9.81. The number of rotatable bonds is 4. The number of halogens is 1. The highest BCUT2D eigenvalue weighted by Crippen LogP contribution is 2.20. The molecule has 1 heterocycles. The second-order valence-corrected chi connectivity index (χ2v) is 4.49. The molecule has 0 saturated carbocycles. The summed E-state index contributed by atoms with van der Waals surface area (Å²) in [7, 11) is 0. The van der Waals surface area contributed by atoms with Gasteiger partial charge in [-0.05, 0) is 25.0 Å². The van der Waals surface area contributed by atoms with Crippen molar-refractivity contribution in [3.05, 3.63) is 42.0 Å². The fourth-order valence-electron chi connectivity index (χ4n) is 2.12. The van der Waals surface area contributed by atoms with Gasteiger partial charge in [0, 0.05) is 30.8 Å². The smallest absolute Gasteiger partial charge is 0.141 e. The van der Waals surface area contributed by atoms with Gasteiger partial charge in [0.15, 0.2) is 0 Å². The van der Waals surface area contributed by atoms with Crippen LogP contribution in [-0.4, -0.2) is 22.7 Å². The Hall–Kier alpha value is -1.26. The standard InChI is InChI=1S/C13H17FN2O/c1-9(11-5-12(14)7-15-6-11)16-13-3-2-10(4-13)8-17/h2-3,5-7,9-10,13,16-17H,4,8H2,1H3/t9-,10+,13-/m1/s1. The molecule has 3 nitrogen and oxygen atoms in total. The van der Waals surface area contributed by atoms with Crippen LogP contribution in [0.1, 0.15) is 24.9 Å². The van der Waals surface area contributed by atoms with E-state index >= 15 is 0 Å². The largest absolute Gasteiger partial charge is 0.396 e. The third-order valence-corrected chi connectivity index (χ3v) is 3.10. The average Bonchev–Trinajstić information content (AvgIpc) is 2.77. The Morgan fingerprint density at radius 1 is 1.53 bits per heavy atom. The second-order valence-electron chi connectivity index (χ2n) is 4.49. The van der Waals surface area contributed by atoms with Crippen LogP contribution >= 0.6 is 0 Å². The molecular formula is C13H17FN2O. The molecule has 0 aliphatic heterocycles. The van der Waals surface area contributed by atoms with E-state index in [0.29, 0.717) is 0 Å². The molecule has 0 aromatic carbocycles. The molecule has 0 spiro atoms. The zero-order chi connectivity index (χ0) is 12.3. The maximum Gasteiger partial charge on any atom is 0.141 e. The molecule has 3 atom stereocenters. The van der Waals surface area contributed by atoms with Crippen LogP contribution in [0, 0.1) is 11.7 Å². The van der Waals surface area contributed by atoms with Crippen molar-refractivity contribution in [2.45, 2.75) is 25.4 Å². The van der Waals surface area contributed by atoms with Crippen LogP contribution in [0.25, 0.3) is 0 Å². The highest BCUT2D eigenvalue weighted by molar-refractivity contribution is 5.16. The van der Waals surface area contributed by atoms with Gasteiger partial charge < -0.3 is 10.4 Å². The molecule has 0 bridgehead atoms. The van der Waals surface area contributed by atoms with Crippen molar-refractivity contribution in [1.82, 2.24) is 10.3 Å². The van der Waals surface area contributed by atoms with Gasteiger partial charge in [0.1, 0.15) is 5.82 Å². The predicted octanol–water partition coefficient (Wildman–Crippen LogP) is 1.81. The van der Waals surface area contributed by atoms with Crippen LogP contribution in [0.4, 0.5) is 4.39 Å². The summed E-state index contributed by atoms with van der Waals surface area (Å²) in [5, 5.41) is 12.4. The lowest BCUT2D eigenvalue weighted by Crippen LogP contribution is -2.29. The Bertz CT molecular complexity index is 408. The Morgan fingerprint density at radius 2 is 2.35 bits per heavy atom. The third kappa shape index (κ3) is 3.11. The number of pyridine rings is 1. The molecule has 0 radical (unpaired) electrons. The van der Waals surface area contributed by atoms with Crippen molar-refractivity contribution in [3.8, 4) is 0 Å². The van der Waals surface area contributed by atoms with E-state index in [1.54, 1.807) is 6.20 Å². The molecule has 4 heteroatoms. The summed E-state index contributed by atoms with van der Waals surface area (Å²) >= 11 is 0. The molecule has 2 rings (SSSR count). The maximum absolute atomic E-state index is 13.0. The Morgan fingerprint density at radius 3 is 3.00 bits per heavy atom. The minimum atomic E-state index is -0.314. The summed E-state index contributed by atoms with van der Waals surface area (Å²) in [5.74, 6) is -0.0725. The first-order valence-corrected chi connectivity index (χ1v) is 5.84. The summed E-state index contributed by atoms with van der Waals surface area (Å²) in [4.78, 5) is 3.84. The van der Waals surface area contributed by atoms with Crippen LogP contribution in [0.5, 0.6) is 0 Å². The molecule has 0 fully saturated rings. The summed E-state index contributed by atoms with van der Waals surface area (Å²) in [6.45, 7) is 2.17. The first-order chi connectivity index (χ1) is 8.19. The van der Waals surface area contributed by atoms with Crippen LogP contribution in [-0.2, 0) is 0 Å². The molecule has 1 aromatic rings. The molecular weight excluding hydrogens is 219 g/mol. The molecule has 0 unspecified atom stereocenters. The topological polar surface area (TPSA) is 45.1 Å². The first-order valence-electron chi connectivity index (χ1n) is 5.84. The monoisotopic (exact) mass is 236 g/mol. The Balaban J connectivity index is 1.94. The van der Waals surface area contributed by atoms with Crippen molar-refractivity contribution in [1.29, 1.82) is 0 Å². The highest BCUT2D eigenvalue weighted by Gasteiger charge is 2.20. The summed E-state index contributed by atoms with van der Waals surface area (Å²) in [6.07, 6.45) is 7.85. The van der Waals surface area contributed by atoms with E-state index in [0.717, 1.165) is 12.0 Å². The van der Waals surface area contributed by atoms with Crippen LogP contribution in [0.3, 0.4) is 0 Å². The third-order valence-electron chi connectivity index (χ3n) is 3.10. The summed E-state index contributed by atoms with van der Waals surface area (Å²) < 4.78 is 13.0. The number of aliphatic hydroxyl groups is 1. The molecule has 0 amide bonds. The number of hydrogen-bond donors (Lipinski definition) is 2. The first kappa shape index (κ1) is 12.2. The van der Waals surface area contributed by atoms with Gasteiger partial charge in [-0.15, -0.1) is 0 Å². The second kappa shape index (κ2) is 5.38. The molecule has 92 valence electrons. The highest BCUT2D eigenvalue weighted by atomic mass is 19.1. The van der Waals surface area contributed by atoms with Crippen molar-refractivity contribution < 1.29 is 9.50 Å². The molecule has 1 aliphatic rings. The minimum absolute atomic E-state index is 0.0466. The summed E-state index contributed by atoms with van der Waals surface area (Å²) in [6, 6.07) is 1.78. The molecule has 0 saturated heterocycles. The van der Waals surface area contributed by atoms with E-state index in [9.17, 15) is 4.39 Å². The molecule has 2 N–H and O–H groups in total. The number of nitrogens with one attached hydrogen (secondary N) is 1. The van der Waals surface area contributed by atoms with E-state index in [1.165, 1.54) is 12.3 Å². The van der Waals surface area contributed by atoms with Crippen LogP contribution < -0.4 is 5.32 Å². The predicted molar refractivity (Wildman–Crippen MR) is 63.9 cm³/mol. The molecule has 17 heavy (non-hydrogen) atoms.